The van der Waals surface area contributed by atoms with E-state index in [0.717, 1.165) is 35.4 Å². The molecule has 0 saturated heterocycles. The molecule has 0 N–H and O–H groups in total. The van der Waals surface area contributed by atoms with E-state index in [0.29, 0.717) is 0 Å². The lowest BCUT2D eigenvalue weighted by atomic mass is 9.94. The van der Waals surface area contributed by atoms with Gasteiger partial charge in [0.15, 0.2) is 0 Å². The Bertz CT molecular complexity index is 729. The van der Waals surface area contributed by atoms with Crippen LogP contribution < -0.4 is 0 Å². The summed E-state index contributed by atoms with van der Waals surface area (Å²) < 4.78 is 44.7. The maximum Gasteiger partial charge on any atom is 0.416 e. The van der Waals surface area contributed by atoms with Crippen LogP contribution in [-0.2, 0) is 10.6 Å². The van der Waals surface area contributed by atoms with Crippen molar-refractivity contribution in [2.24, 2.45) is 0 Å². The summed E-state index contributed by atoms with van der Waals surface area (Å²) in [6.45, 7) is 8.37. The highest BCUT2D eigenvalue weighted by Gasteiger charge is 2.30. The van der Waals surface area contributed by atoms with Crippen molar-refractivity contribution in [3.05, 3.63) is 77.4 Å². The lowest BCUT2D eigenvalue weighted by Gasteiger charge is -2.24. The first kappa shape index (κ1) is 20.3. The summed E-state index contributed by atoms with van der Waals surface area (Å²) in [7, 11) is -1.83. The second-order valence-corrected chi connectivity index (χ2v) is 11.7. The third-order valence-corrected chi connectivity index (χ3v) is 4.77. The molecule has 0 spiro atoms. The molecule has 1 atom stereocenters. The average molecular weight is 379 g/mol. The van der Waals surface area contributed by atoms with Crippen LogP contribution in [0, 0.1) is 0 Å². The van der Waals surface area contributed by atoms with E-state index in [1.165, 1.54) is 0 Å². The first-order valence-corrected chi connectivity index (χ1v) is 12.1. The van der Waals surface area contributed by atoms with Crippen molar-refractivity contribution in [2.45, 2.75) is 45.1 Å². The monoisotopic (exact) mass is 378 g/mol. The minimum atomic E-state index is -4.31. The van der Waals surface area contributed by atoms with Gasteiger partial charge >= 0.3 is 6.18 Å². The van der Waals surface area contributed by atoms with Crippen molar-refractivity contribution >= 4 is 14.1 Å². The Morgan fingerprint density at radius 3 is 2.04 bits per heavy atom. The number of hydrogen-bond acceptors (Lipinski definition) is 1. The van der Waals surface area contributed by atoms with Gasteiger partial charge in [-0.05, 0) is 49.8 Å². The Morgan fingerprint density at radius 2 is 1.58 bits per heavy atom. The Morgan fingerprint density at radius 1 is 1.00 bits per heavy atom. The summed E-state index contributed by atoms with van der Waals surface area (Å²) in [5, 5.41) is 0. The molecule has 1 nitrogen and oxygen atoms in total. The maximum atomic E-state index is 12.8. The normalized spacial score (nSPS) is 14.2. The number of rotatable bonds is 6. The summed E-state index contributed by atoms with van der Waals surface area (Å²) in [5.74, 6) is 0.792. The van der Waals surface area contributed by atoms with E-state index in [1.807, 2.05) is 43.3 Å². The molecule has 0 amide bonds. The Hall–Kier alpha value is -2.01. The van der Waals surface area contributed by atoms with Gasteiger partial charge in [-0.25, -0.2) is 0 Å². The molecule has 26 heavy (non-hydrogen) atoms. The number of halogens is 3. The molecule has 0 aliphatic carbocycles. The SMILES string of the molecule is CC[C@H](/C=C(\O[Si](C)(C)C)c1ccccc1)c1ccc(C(F)(F)F)cc1. The van der Waals surface area contributed by atoms with Crippen LogP contribution in [0.4, 0.5) is 13.2 Å². The highest BCUT2D eigenvalue weighted by atomic mass is 28.4. The van der Waals surface area contributed by atoms with E-state index in [1.54, 1.807) is 12.1 Å². The van der Waals surface area contributed by atoms with Crippen LogP contribution in [0.5, 0.6) is 0 Å². The topological polar surface area (TPSA) is 9.23 Å². The van der Waals surface area contributed by atoms with Crippen LogP contribution in [0.2, 0.25) is 19.6 Å². The molecule has 2 aromatic rings. The first-order valence-electron chi connectivity index (χ1n) is 8.73. The van der Waals surface area contributed by atoms with Gasteiger partial charge < -0.3 is 4.43 Å². The second-order valence-electron chi connectivity index (χ2n) is 7.25. The molecular formula is C21H25F3OSi. The Balaban J connectivity index is 2.38. The zero-order valence-electron chi connectivity index (χ0n) is 15.6. The van der Waals surface area contributed by atoms with Gasteiger partial charge in [-0.15, -0.1) is 0 Å². The van der Waals surface area contributed by atoms with Crippen molar-refractivity contribution in [1.82, 2.24) is 0 Å². The minimum Gasteiger partial charge on any atom is -0.544 e. The molecule has 0 aliphatic heterocycles. The number of alkyl halides is 3. The number of hydrogen-bond donors (Lipinski definition) is 0. The van der Waals surface area contributed by atoms with Crippen LogP contribution in [0.25, 0.3) is 5.76 Å². The quantitative estimate of drug-likeness (QED) is 0.385. The van der Waals surface area contributed by atoms with Crippen molar-refractivity contribution in [2.75, 3.05) is 0 Å². The van der Waals surface area contributed by atoms with Crippen LogP contribution in [0.1, 0.15) is 36.0 Å². The smallest absolute Gasteiger partial charge is 0.416 e. The fraction of sp³-hybridized carbons (Fsp3) is 0.333. The molecule has 0 fully saturated rings. The van der Waals surface area contributed by atoms with Gasteiger partial charge in [0, 0.05) is 11.5 Å². The fourth-order valence-corrected chi connectivity index (χ4v) is 3.52. The van der Waals surface area contributed by atoms with E-state index < -0.39 is 20.1 Å². The van der Waals surface area contributed by atoms with Crippen molar-refractivity contribution in [3.63, 3.8) is 0 Å². The van der Waals surface area contributed by atoms with Crippen molar-refractivity contribution in [1.29, 1.82) is 0 Å². The Kier molecular flexibility index (Phi) is 6.34. The lowest BCUT2D eigenvalue weighted by molar-refractivity contribution is -0.137. The first-order chi connectivity index (χ1) is 12.1. The summed E-state index contributed by atoms with van der Waals surface area (Å²) in [5.41, 5.74) is 1.22. The van der Waals surface area contributed by atoms with E-state index >= 15 is 0 Å². The predicted octanol–water partition coefficient (Wildman–Crippen LogP) is 7.09. The van der Waals surface area contributed by atoms with Crippen LogP contribution in [0.3, 0.4) is 0 Å². The lowest BCUT2D eigenvalue weighted by Crippen LogP contribution is -2.24. The molecule has 0 saturated carbocycles. The summed E-state index contributed by atoms with van der Waals surface area (Å²) in [6, 6.07) is 15.3. The van der Waals surface area contributed by atoms with E-state index in [2.05, 4.69) is 19.6 Å². The number of allylic oxidation sites excluding steroid dienone is 1. The number of benzene rings is 2. The van der Waals surface area contributed by atoms with Gasteiger partial charge in [-0.1, -0.05) is 49.4 Å². The van der Waals surface area contributed by atoms with Gasteiger partial charge in [-0.2, -0.15) is 13.2 Å². The molecular weight excluding hydrogens is 353 g/mol. The molecule has 140 valence electrons. The van der Waals surface area contributed by atoms with Gasteiger partial charge in [0.2, 0.25) is 8.32 Å². The standard InChI is InChI=1S/C21H25F3OSi/c1-5-16(17-11-13-19(14-12-17)21(22,23)24)15-20(25-26(2,3)4)18-9-7-6-8-10-18/h6-16H,5H2,1-4H3/b20-15-/t16-/m1/s1. The highest BCUT2D eigenvalue weighted by Crippen LogP contribution is 2.32. The molecule has 0 aliphatic rings. The van der Waals surface area contributed by atoms with Gasteiger partial charge in [-0.3, -0.25) is 0 Å². The zero-order chi connectivity index (χ0) is 19.4. The fourth-order valence-electron chi connectivity index (χ4n) is 2.67. The van der Waals surface area contributed by atoms with Gasteiger partial charge in [0.1, 0.15) is 5.76 Å². The molecule has 2 rings (SSSR count). The van der Waals surface area contributed by atoms with Crippen LogP contribution >= 0.6 is 0 Å². The highest BCUT2D eigenvalue weighted by molar-refractivity contribution is 6.70. The predicted molar refractivity (Wildman–Crippen MR) is 103 cm³/mol. The van der Waals surface area contributed by atoms with Crippen molar-refractivity contribution in [3.8, 4) is 0 Å². The van der Waals surface area contributed by atoms with E-state index in [9.17, 15) is 13.2 Å². The zero-order valence-corrected chi connectivity index (χ0v) is 16.6. The molecule has 0 aromatic heterocycles. The maximum absolute atomic E-state index is 12.8. The molecule has 0 radical (unpaired) electrons. The summed E-state index contributed by atoms with van der Waals surface area (Å²) in [6.07, 6.45) is -1.50. The van der Waals surface area contributed by atoms with E-state index in [4.69, 9.17) is 4.43 Å². The molecule has 0 bridgehead atoms. The molecule has 2 aromatic carbocycles. The van der Waals surface area contributed by atoms with Crippen LogP contribution in [-0.4, -0.2) is 8.32 Å². The molecule has 0 heterocycles. The summed E-state index contributed by atoms with van der Waals surface area (Å²) in [4.78, 5) is 0. The largest absolute Gasteiger partial charge is 0.544 e. The molecule has 5 heteroatoms. The van der Waals surface area contributed by atoms with Crippen molar-refractivity contribution < 1.29 is 17.6 Å². The van der Waals surface area contributed by atoms with E-state index in [-0.39, 0.29) is 5.92 Å². The van der Waals surface area contributed by atoms with Crippen LogP contribution in [0.15, 0.2) is 60.7 Å². The van der Waals surface area contributed by atoms with Gasteiger partial charge in [0.25, 0.3) is 0 Å². The summed E-state index contributed by atoms with van der Waals surface area (Å²) >= 11 is 0. The van der Waals surface area contributed by atoms with Gasteiger partial charge in [0.05, 0.1) is 5.56 Å². The second kappa shape index (κ2) is 8.12. The molecule has 0 unspecified atom stereocenters. The Labute approximate surface area is 154 Å². The average Bonchev–Trinajstić information content (AvgIpc) is 2.57. The third kappa shape index (κ3) is 5.76. The minimum absolute atomic E-state index is 0.0103. The third-order valence-electron chi connectivity index (χ3n) is 3.93.